The van der Waals surface area contributed by atoms with Crippen LogP contribution in [0.1, 0.15) is 19.3 Å². The molecule has 1 amide bonds. The third-order valence-electron chi connectivity index (χ3n) is 3.07. The fourth-order valence-corrected chi connectivity index (χ4v) is 2.74. The van der Waals surface area contributed by atoms with Crippen LogP contribution in [0.3, 0.4) is 0 Å². The molecule has 1 saturated heterocycles. The number of carbonyl (C=O) groups is 2. The largest absolute Gasteiger partial charge is 0.481 e. The van der Waals surface area contributed by atoms with Crippen LogP contribution < -0.4 is 4.90 Å². The zero-order valence-electron chi connectivity index (χ0n) is 10.6. The number of likely N-dealkylation sites (tertiary alicyclic amines) is 1. The minimum atomic E-state index is -0.866. The Labute approximate surface area is 115 Å². The number of amides is 1. The first-order valence-corrected chi connectivity index (χ1v) is 7.19. The van der Waals surface area contributed by atoms with Crippen molar-refractivity contribution in [1.82, 2.24) is 9.88 Å². The average Bonchev–Trinajstić information content (AvgIpc) is 3.05. The Hall–Kier alpha value is -1.63. The molecule has 0 bridgehead atoms. The summed E-state index contributed by atoms with van der Waals surface area (Å²) in [7, 11) is 0. The van der Waals surface area contributed by atoms with E-state index in [-0.39, 0.29) is 18.9 Å². The molecular weight excluding hydrogens is 266 g/mol. The van der Waals surface area contributed by atoms with Crippen molar-refractivity contribution in [2.45, 2.75) is 19.3 Å². The number of thiazole rings is 1. The highest BCUT2D eigenvalue weighted by Crippen LogP contribution is 2.18. The topological polar surface area (TPSA) is 73.7 Å². The molecule has 7 heteroatoms. The zero-order valence-corrected chi connectivity index (χ0v) is 11.4. The minimum absolute atomic E-state index is 0.00681. The summed E-state index contributed by atoms with van der Waals surface area (Å²) in [6.07, 6.45) is 3.77. The molecule has 0 unspecified atom stereocenters. The lowest BCUT2D eigenvalue weighted by molar-refractivity contribution is -0.137. The van der Waals surface area contributed by atoms with Gasteiger partial charge in [-0.3, -0.25) is 9.59 Å². The Morgan fingerprint density at radius 1 is 1.42 bits per heavy atom. The average molecular weight is 283 g/mol. The first kappa shape index (κ1) is 13.8. The van der Waals surface area contributed by atoms with E-state index in [1.807, 2.05) is 10.3 Å². The molecular formula is C12H17N3O3S. The van der Waals surface area contributed by atoms with Gasteiger partial charge in [0.15, 0.2) is 5.13 Å². The molecule has 6 nitrogen and oxygen atoms in total. The molecule has 0 aromatic carbocycles. The Bertz CT molecular complexity index is 429. The van der Waals surface area contributed by atoms with Crippen molar-refractivity contribution in [1.29, 1.82) is 0 Å². The number of rotatable bonds is 6. The van der Waals surface area contributed by atoms with E-state index in [9.17, 15) is 9.59 Å². The normalized spacial score (nSPS) is 14.6. The smallest absolute Gasteiger partial charge is 0.305 e. The van der Waals surface area contributed by atoms with E-state index in [2.05, 4.69) is 4.98 Å². The van der Waals surface area contributed by atoms with Crippen LogP contribution >= 0.6 is 11.3 Å². The number of nitrogens with zero attached hydrogens (tertiary/aromatic N) is 3. The summed E-state index contributed by atoms with van der Waals surface area (Å²) >= 11 is 1.42. The van der Waals surface area contributed by atoms with E-state index >= 15 is 0 Å². The fraction of sp³-hybridized carbons (Fsp3) is 0.583. The number of carbonyl (C=O) groups excluding carboxylic acids is 1. The van der Waals surface area contributed by atoms with E-state index in [0.29, 0.717) is 11.7 Å². The third-order valence-corrected chi connectivity index (χ3v) is 3.90. The van der Waals surface area contributed by atoms with Gasteiger partial charge in [0.25, 0.3) is 0 Å². The summed E-state index contributed by atoms with van der Waals surface area (Å²) in [5.74, 6) is -0.812. The quantitative estimate of drug-likeness (QED) is 0.844. The highest BCUT2D eigenvalue weighted by atomic mass is 32.1. The van der Waals surface area contributed by atoms with Gasteiger partial charge in [-0.2, -0.15) is 0 Å². The molecule has 0 atom stereocenters. The van der Waals surface area contributed by atoms with Gasteiger partial charge in [-0.15, -0.1) is 11.3 Å². The maximum Gasteiger partial charge on any atom is 0.305 e. The highest BCUT2D eigenvalue weighted by molar-refractivity contribution is 7.13. The second-order valence-electron chi connectivity index (χ2n) is 4.47. The van der Waals surface area contributed by atoms with Crippen LogP contribution in [0.15, 0.2) is 11.6 Å². The number of hydrogen-bond donors (Lipinski definition) is 1. The molecule has 104 valence electrons. The number of aliphatic carboxylic acids is 1. The van der Waals surface area contributed by atoms with E-state index < -0.39 is 5.97 Å². The zero-order chi connectivity index (χ0) is 13.7. The van der Waals surface area contributed by atoms with Crippen LogP contribution in [0.5, 0.6) is 0 Å². The van der Waals surface area contributed by atoms with E-state index in [4.69, 9.17) is 5.11 Å². The highest BCUT2D eigenvalue weighted by Gasteiger charge is 2.21. The van der Waals surface area contributed by atoms with Crippen LogP contribution in [0, 0.1) is 0 Å². The van der Waals surface area contributed by atoms with Gasteiger partial charge in [0, 0.05) is 31.2 Å². The van der Waals surface area contributed by atoms with E-state index in [0.717, 1.165) is 25.9 Å². The number of carboxylic acids is 1. The Balaban J connectivity index is 1.96. The van der Waals surface area contributed by atoms with Crippen LogP contribution in [-0.4, -0.2) is 53.0 Å². The fourth-order valence-electron chi connectivity index (χ4n) is 2.07. The third kappa shape index (κ3) is 3.92. The lowest BCUT2D eigenvalue weighted by Gasteiger charge is -2.23. The Morgan fingerprint density at radius 3 is 2.74 bits per heavy atom. The van der Waals surface area contributed by atoms with Crippen LogP contribution in [0.4, 0.5) is 5.13 Å². The molecule has 0 radical (unpaired) electrons. The summed E-state index contributed by atoms with van der Waals surface area (Å²) < 4.78 is 0. The molecule has 19 heavy (non-hydrogen) atoms. The molecule has 1 N–H and O–H groups in total. The molecule has 1 aliphatic heterocycles. The predicted octanol–water partition coefficient (Wildman–Crippen LogP) is 1.05. The SMILES string of the molecule is O=C(O)CCN(CC(=O)N1CCCC1)c1nccs1. The van der Waals surface area contributed by atoms with Gasteiger partial charge in [-0.25, -0.2) is 4.98 Å². The molecule has 2 heterocycles. The van der Waals surface area contributed by atoms with Crippen LogP contribution in [0.2, 0.25) is 0 Å². The van der Waals surface area contributed by atoms with Gasteiger partial charge in [0.2, 0.25) is 5.91 Å². The summed E-state index contributed by atoms with van der Waals surface area (Å²) in [5.41, 5.74) is 0. The minimum Gasteiger partial charge on any atom is -0.481 e. The maximum absolute atomic E-state index is 12.1. The number of anilines is 1. The number of aromatic nitrogens is 1. The Kier molecular flexibility index (Phi) is 4.73. The van der Waals surface area contributed by atoms with Crippen molar-refractivity contribution in [3.05, 3.63) is 11.6 Å². The van der Waals surface area contributed by atoms with Gasteiger partial charge in [0.05, 0.1) is 13.0 Å². The molecule has 1 aliphatic rings. The van der Waals surface area contributed by atoms with Gasteiger partial charge < -0.3 is 14.9 Å². The molecule has 2 rings (SSSR count). The van der Waals surface area contributed by atoms with Crippen molar-refractivity contribution in [3.63, 3.8) is 0 Å². The lowest BCUT2D eigenvalue weighted by Crippen LogP contribution is -2.39. The summed E-state index contributed by atoms with van der Waals surface area (Å²) in [5, 5.41) is 11.3. The van der Waals surface area contributed by atoms with Crippen molar-refractivity contribution < 1.29 is 14.7 Å². The first-order valence-electron chi connectivity index (χ1n) is 6.31. The number of carboxylic acid groups (broad SMARTS) is 1. The van der Waals surface area contributed by atoms with Gasteiger partial charge >= 0.3 is 5.97 Å². The molecule has 1 fully saturated rings. The second kappa shape index (κ2) is 6.51. The standard InChI is InChI=1S/C12H17N3O3S/c16-10(14-5-1-2-6-14)9-15(7-3-11(17)18)12-13-4-8-19-12/h4,8H,1-3,5-7,9H2,(H,17,18). The molecule has 1 aromatic heterocycles. The first-order chi connectivity index (χ1) is 9.16. The van der Waals surface area contributed by atoms with E-state index in [1.165, 1.54) is 11.3 Å². The van der Waals surface area contributed by atoms with Crippen molar-refractivity contribution in [2.24, 2.45) is 0 Å². The van der Waals surface area contributed by atoms with Gasteiger partial charge in [-0.1, -0.05) is 0 Å². The predicted molar refractivity (Wildman–Crippen MR) is 72.4 cm³/mol. The molecule has 1 aromatic rings. The lowest BCUT2D eigenvalue weighted by atomic mass is 10.3. The molecule has 0 aliphatic carbocycles. The summed E-state index contributed by atoms with van der Waals surface area (Å²) in [6.45, 7) is 2.14. The van der Waals surface area contributed by atoms with Crippen molar-refractivity contribution in [3.8, 4) is 0 Å². The van der Waals surface area contributed by atoms with E-state index in [1.54, 1.807) is 11.1 Å². The monoisotopic (exact) mass is 283 g/mol. The molecule has 0 spiro atoms. The van der Waals surface area contributed by atoms with Gasteiger partial charge in [-0.05, 0) is 12.8 Å². The Morgan fingerprint density at radius 2 is 2.16 bits per heavy atom. The van der Waals surface area contributed by atoms with Crippen LogP contribution in [0.25, 0.3) is 0 Å². The van der Waals surface area contributed by atoms with Crippen LogP contribution in [-0.2, 0) is 9.59 Å². The molecule has 0 saturated carbocycles. The van der Waals surface area contributed by atoms with Crippen molar-refractivity contribution in [2.75, 3.05) is 31.1 Å². The van der Waals surface area contributed by atoms with Gasteiger partial charge in [0.1, 0.15) is 0 Å². The number of hydrogen-bond acceptors (Lipinski definition) is 5. The maximum atomic E-state index is 12.1. The second-order valence-corrected chi connectivity index (χ2v) is 5.34. The van der Waals surface area contributed by atoms with Crippen molar-refractivity contribution >= 4 is 28.3 Å². The summed E-state index contributed by atoms with van der Waals surface area (Å²) in [4.78, 5) is 30.5. The summed E-state index contributed by atoms with van der Waals surface area (Å²) in [6, 6.07) is 0.